The summed E-state index contributed by atoms with van der Waals surface area (Å²) in [5, 5.41) is 13.1. The van der Waals surface area contributed by atoms with Crippen molar-refractivity contribution in [3.05, 3.63) is 28.2 Å². The second kappa shape index (κ2) is 10.7. The number of nitrogens with zero attached hydrogens (tertiary/aromatic N) is 1. The van der Waals surface area contributed by atoms with Crippen LogP contribution >= 0.6 is 40.7 Å². The highest BCUT2D eigenvalue weighted by Gasteiger charge is 2.22. The monoisotopic (exact) mass is 412 g/mol. The molecule has 6 heteroatoms. The second-order valence-corrected chi connectivity index (χ2v) is 6.84. The fourth-order valence-corrected chi connectivity index (χ4v) is 3.17. The molecule has 128 valence electrons. The smallest absolute Gasteiger partial charge is 0.129 e. The molecule has 1 aromatic rings. The maximum absolute atomic E-state index is 9.68. The van der Waals surface area contributed by atoms with Gasteiger partial charge in [-0.2, -0.15) is 0 Å². The summed E-state index contributed by atoms with van der Waals surface area (Å²) in [6.45, 7) is 8.89. The van der Waals surface area contributed by atoms with E-state index >= 15 is 0 Å². The van der Waals surface area contributed by atoms with E-state index in [9.17, 15) is 5.11 Å². The lowest BCUT2D eigenvalue weighted by atomic mass is 9.95. The van der Waals surface area contributed by atoms with Crippen LogP contribution in [0.25, 0.3) is 0 Å². The summed E-state index contributed by atoms with van der Waals surface area (Å²) in [4.78, 5) is 2.57. The van der Waals surface area contributed by atoms with Gasteiger partial charge in [0, 0.05) is 32.2 Å². The number of hydrogen-bond donors (Lipinski definition) is 2. The summed E-state index contributed by atoms with van der Waals surface area (Å²) in [6.07, 6.45) is 2.40. The number of phenolic OH excluding ortho intramolecular Hbond substituents is 1. The molecule has 0 saturated carbocycles. The van der Waals surface area contributed by atoms with Crippen LogP contribution in [0.5, 0.6) is 5.75 Å². The zero-order chi connectivity index (χ0) is 14.5. The zero-order valence-corrected chi connectivity index (χ0v) is 16.4. The largest absolute Gasteiger partial charge is 0.507 e. The lowest BCUT2D eigenvalue weighted by Crippen LogP contribution is -2.45. The molecule has 0 aliphatic carbocycles. The molecule has 1 aromatic carbocycles. The SMILES string of the molecule is CC(C)CC[C@@H](c1ccc(O)c(Br)c1)N1CCNCC1.Cl.Cl. The fourth-order valence-electron chi connectivity index (χ4n) is 2.78. The van der Waals surface area contributed by atoms with E-state index in [0.29, 0.717) is 11.8 Å². The molecule has 3 nitrogen and oxygen atoms in total. The van der Waals surface area contributed by atoms with E-state index in [1.165, 1.54) is 18.4 Å². The third-order valence-electron chi connectivity index (χ3n) is 3.97. The van der Waals surface area contributed by atoms with Gasteiger partial charge in [0.05, 0.1) is 4.47 Å². The number of nitrogens with one attached hydrogen (secondary N) is 1. The molecule has 2 rings (SSSR count). The predicted molar refractivity (Wildman–Crippen MR) is 102 cm³/mol. The van der Waals surface area contributed by atoms with Crippen molar-refractivity contribution in [2.24, 2.45) is 5.92 Å². The Kier molecular flexibility index (Phi) is 10.7. The minimum Gasteiger partial charge on any atom is -0.507 e. The second-order valence-electron chi connectivity index (χ2n) is 5.98. The van der Waals surface area contributed by atoms with Gasteiger partial charge in [-0.05, 0) is 52.4 Å². The Balaban J connectivity index is 0.00000220. The van der Waals surface area contributed by atoms with Crippen molar-refractivity contribution in [3.8, 4) is 5.75 Å². The van der Waals surface area contributed by atoms with Crippen molar-refractivity contribution in [1.29, 1.82) is 0 Å². The Labute approximate surface area is 154 Å². The van der Waals surface area contributed by atoms with Gasteiger partial charge in [0.15, 0.2) is 0 Å². The van der Waals surface area contributed by atoms with E-state index in [1.54, 1.807) is 6.07 Å². The van der Waals surface area contributed by atoms with Crippen molar-refractivity contribution in [3.63, 3.8) is 0 Å². The van der Waals surface area contributed by atoms with Crippen molar-refractivity contribution in [2.75, 3.05) is 26.2 Å². The molecule has 1 fully saturated rings. The van der Waals surface area contributed by atoms with E-state index in [0.717, 1.165) is 36.6 Å². The highest BCUT2D eigenvalue weighted by Crippen LogP contribution is 2.32. The van der Waals surface area contributed by atoms with Crippen LogP contribution in [0.1, 0.15) is 38.3 Å². The van der Waals surface area contributed by atoms with Gasteiger partial charge < -0.3 is 10.4 Å². The van der Waals surface area contributed by atoms with Gasteiger partial charge in [-0.15, -0.1) is 24.8 Å². The average Bonchev–Trinajstić information content (AvgIpc) is 2.44. The fraction of sp³-hybridized carbons (Fsp3) is 0.625. The first-order chi connectivity index (χ1) is 9.58. The van der Waals surface area contributed by atoms with Crippen LogP contribution in [0.2, 0.25) is 0 Å². The zero-order valence-electron chi connectivity index (χ0n) is 13.2. The molecule has 1 atom stereocenters. The van der Waals surface area contributed by atoms with Crippen molar-refractivity contribution >= 4 is 40.7 Å². The summed E-state index contributed by atoms with van der Waals surface area (Å²) in [5.41, 5.74) is 1.30. The van der Waals surface area contributed by atoms with Crippen LogP contribution in [0.3, 0.4) is 0 Å². The molecule has 0 spiro atoms. The minimum absolute atomic E-state index is 0. The number of phenols is 1. The van der Waals surface area contributed by atoms with E-state index in [1.807, 2.05) is 0 Å². The molecule has 1 aliphatic rings. The Hall–Kier alpha value is -0.000000000000000111. The predicted octanol–water partition coefficient (Wildman–Crippen LogP) is 4.38. The van der Waals surface area contributed by atoms with Crippen LogP contribution in [-0.2, 0) is 0 Å². The topological polar surface area (TPSA) is 35.5 Å². The molecule has 1 saturated heterocycles. The number of hydrogen-bond acceptors (Lipinski definition) is 3. The first kappa shape index (κ1) is 22.0. The highest BCUT2D eigenvalue weighted by molar-refractivity contribution is 9.10. The highest BCUT2D eigenvalue weighted by atomic mass is 79.9. The molecule has 22 heavy (non-hydrogen) atoms. The number of piperazine rings is 1. The molecule has 0 aromatic heterocycles. The number of benzene rings is 1. The summed E-state index contributed by atoms with van der Waals surface area (Å²) >= 11 is 3.44. The lowest BCUT2D eigenvalue weighted by Gasteiger charge is -2.35. The van der Waals surface area contributed by atoms with Gasteiger partial charge >= 0.3 is 0 Å². The molecule has 1 aliphatic heterocycles. The van der Waals surface area contributed by atoms with Gasteiger partial charge in [-0.25, -0.2) is 0 Å². The summed E-state index contributed by atoms with van der Waals surface area (Å²) in [5.74, 6) is 1.04. The van der Waals surface area contributed by atoms with Crippen molar-refractivity contribution in [1.82, 2.24) is 10.2 Å². The minimum atomic E-state index is 0. The summed E-state index contributed by atoms with van der Waals surface area (Å²) < 4.78 is 0.791. The maximum Gasteiger partial charge on any atom is 0.129 e. The van der Waals surface area contributed by atoms with Gasteiger partial charge in [0.2, 0.25) is 0 Å². The van der Waals surface area contributed by atoms with Crippen LogP contribution in [0, 0.1) is 5.92 Å². The Morgan fingerprint density at radius 2 is 1.82 bits per heavy atom. The van der Waals surface area contributed by atoms with Gasteiger partial charge in [0.1, 0.15) is 5.75 Å². The molecule has 0 unspecified atom stereocenters. The van der Waals surface area contributed by atoms with Crippen LogP contribution in [-0.4, -0.2) is 36.2 Å². The first-order valence-corrected chi connectivity index (χ1v) is 8.30. The number of halogens is 3. The van der Waals surface area contributed by atoms with E-state index in [-0.39, 0.29) is 24.8 Å². The molecule has 0 amide bonds. The molecule has 1 heterocycles. The summed E-state index contributed by atoms with van der Waals surface area (Å²) in [6, 6.07) is 6.39. The van der Waals surface area contributed by atoms with Crippen molar-refractivity contribution < 1.29 is 5.11 Å². The number of rotatable bonds is 5. The Bertz CT molecular complexity index is 440. The average molecular weight is 414 g/mol. The summed E-state index contributed by atoms with van der Waals surface area (Å²) in [7, 11) is 0. The Morgan fingerprint density at radius 1 is 1.18 bits per heavy atom. The van der Waals surface area contributed by atoms with E-state index < -0.39 is 0 Å². The van der Waals surface area contributed by atoms with E-state index in [4.69, 9.17) is 0 Å². The Morgan fingerprint density at radius 3 is 2.36 bits per heavy atom. The third kappa shape index (κ3) is 6.25. The third-order valence-corrected chi connectivity index (χ3v) is 4.60. The van der Waals surface area contributed by atoms with Crippen LogP contribution in [0.4, 0.5) is 0 Å². The van der Waals surface area contributed by atoms with Crippen LogP contribution < -0.4 is 5.32 Å². The molecule has 0 bridgehead atoms. The standard InChI is InChI=1S/C16H25BrN2O.2ClH/c1-12(2)3-5-15(19-9-7-18-8-10-19)13-4-6-16(20)14(17)11-13;;/h4,6,11-12,15,18,20H,3,5,7-10H2,1-2H3;2*1H/t15-;;/m0../s1. The number of aromatic hydroxyl groups is 1. The maximum atomic E-state index is 9.68. The molecule has 2 N–H and O–H groups in total. The van der Waals surface area contributed by atoms with Crippen molar-refractivity contribution in [2.45, 2.75) is 32.7 Å². The van der Waals surface area contributed by atoms with Gasteiger partial charge in [-0.3, -0.25) is 4.90 Å². The normalized spacial score (nSPS) is 16.7. The van der Waals surface area contributed by atoms with Crippen LogP contribution in [0.15, 0.2) is 22.7 Å². The molecular formula is C16H27BrCl2N2O. The van der Waals surface area contributed by atoms with E-state index in [2.05, 4.69) is 52.1 Å². The van der Waals surface area contributed by atoms with Gasteiger partial charge in [0.25, 0.3) is 0 Å². The quantitative estimate of drug-likeness (QED) is 0.751. The first-order valence-electron chi connectivity index (χ1n) is 7.51. The molecule has 0 radical (unpaired) electrons. The van der Waals surface area contributed by atoms with Gasteiger partial charge in [-0.1, -0.05) is 19.9 Å². The lowest BCUT2D eigenvalue weighted by molar-refractivity contribution is 0.159. The molecular weight excluding hydrogens is 387 g/mol.